The SMILES string of the molecule is C/C(=C\c1ccc(Cl)cc1)c1c(C)c(C(=O)NC(C)C2CCCCC2)nn1-c1ccc(F)cc1F. The van der Waals surface area contributed by atoms with Crippen LogP contribution in [-0.4, -0.2) is 21.7 Å². The highest BCUT2D eigenvalue weighted by Crippen LogP contribution is 2.30. The summed E-state index contributed by atoms with van der Waals surface area (Å²) in [5, 5.41) is 8.27. The van der Waals surface area contributed by atoms with Gasteiger partial charge in [0.2, 0.25) is 0 Å². The van der Waals surface area contributed by atoms with Gasteiger partial charge in [-0.05, 0) is 81.0 Å². The lowest BCUT2D eigenvalue weighted by atomic mass is 9.84. The van der Waals surface area contributed by atoms with Crippen LogP contribution in [0.2, 0.25) is 5.02 Å². The number of benzene rings is 2. The monoisotopic (exact) mass is 497 g/mol. The Hall–Kier alpha value is -2.99. The van der Waals surface area contributed by atoms with Gasteiger partial charge in [-0.1, -0.05) is 43.0 Å². The molecule has 1 N–H and O–H groups in total. The van der Waals surface area contributed by atoms with Gasteiger partial charge >= 0.3 is 0 Å². The first-order chi connectivity index (χ1) is 16.7. The molecule has 0 spiro atoms. The van der Waals surface area contributed by atoms with Gasteiger partial charge in [-0.15, -0.1) is 0 Å². The highest BCUT2D eigenvalue weighted by Gasteiger charge is 2.27. The van der Waals surface area contributed by atoms with Crippen molar-refractivity contribution in [1.82, 2.24) is 15.1 Å². The van der Waals surface area contributed by atoms with E-state index in [1.807, 2.05) is 32.1 Å². The number of carbonyl (C=O) groups is 1. The number of allylic oxidation sites excluding steroid dienone is 1. The molecule has 1 heterocycles. The van der Waals surface area contributed by atoms with Crippen molar-refractivity contribution in [2.75, 3.05) is 0 Å². The Bertz CT molecular complexity index is 1240. The first kappa shape index (κ1) is 25.1. The van der Waals surface area contributed by atoms with Gasteiger partial charge in [-0.25, -0.2) is 13.5 Å². The molecule has 1 fully saturated rings. The van der Waals surface area contributed by atoms with Crippen molar-refractivity contribution in [2.24, 2.45) is 5.92 Å². The van der Waals surface area contributed by atoms with Gasteiger partial charge in [-0.3, -0.25) is 4.79 Å². The maximum Gasteiger partial charge on any atom is 0.272 e. The van der Waals surface area contributed by atoms with E-state index < -0.39 is 11.6 Å². The largest absolute Gasteiger partial charge is 0.348 e. The Balaban J connectivity index is 1.75. The van der Waals surface area contributed by atoms with Crippen LogP contribution in [0.4, 0.5) is 8.78 Å². The molecule has 1 amide bonds. The van der Waals surface area contributed by atoms with Gasteiger partial charge in [-0.2, -0.15) is 5.10 Å². The van der Waals surface area contributed by atoms with Gasteiger partial charge in [0.15, 0.2) is 11.5 Å². The van der Waals surface area contributed by atoms with Crippen LogP contribution in [0.25, 0.3) is 17.3 Å². The van der Waals surface area contributed by atoms with Gasteiger partial charge < -0.3 is 5.32 Å². The molecule has 3 aromatic rings. The lowest BCUT2D eigenvalue weighted by Gasteiger charge is -2.28. The lowest BCUT2D eigenvalue weighted by Crippen LogP contribution is -2.39. The molecule has 0 bridgehead atoms. The van der Waals surface area contributed by atoms with Gasteiger partial charge in [0.1, 0.15) is 11.5 Å². The Morgan fingerprint density at radius 3 is 2.49 bits per heavy atom. The fourth-order valence-electron chi connectivity index (χ4n) is 4.91. The molecule has 1 aliphatic carbocycles. The van der Waals surface area contributed by atoms with E-state index in [-0.39, 0.29) is 23.3 Å². The molecule has 4 rings (SSSR count). The summed E-state index contributed by atoms with van der Waals surface area (Å²) < 4.78 is 29.8. The zero-order chi connectivity index (χ0) is 25.1. The molecular weight excluding hydrogens is 468 g/mol. The van der Waals surface area contributed by atoms with E-state index >= 15 is 0 Å². The Labute approximate surface area is 210 Å². The van der Waals surface area contributed by atoms with E-state index in [1.165, 1.54) is 36.1 Å². The number of carbonyl (C=O) groups excluding carboxylic acids is 1. The fraction of sp³-hybridized carbons (Fsp3) is 0.357. The van der Waals surface area contributed by atoms with Crippen molar-refractivity contribution >= 4 is 29.2 Å². The summed E-state index contributed by atoms with van der Waals surface area (Å²) >= 11 is 6.01. The third-order valence-corrected chi connectivity index (χ3v) is 7.07. The standard InChI is InChI=1S/C28H30ClF2N3O/c1-17(15-20-9-11-22(29)12-10-20)27-18(2)26(28(35)32-19(3)21-7-5-4-6-8-21)33-34(27)25-14-13-23(30)16-24(25)31/h9-16,19,21H,4-8H2,1-3H3,(H,32,35)/b17-15+. The molecule has 4 nitrogen and oxygen atoms in total. The summed E-state index contributed by atoms with van der Waals surface area (Å²) in [6.45, 7) is 5.72. The second-order valence-corrected chi connectivity index (χ2v) is 9.81. The first-order valence-electron chi connectivity index (χ1n) is 12.0. The van der Waals surface area contributed by atoms with Crippen LogP contribution in [0.1, 0.15) is 73.3 Å². The van der Waals surface area contributed by atoms with E-state index in [4.69, 9.17) is 11.6 Å². The molecule has 1 atom stereocenters. The summed E-state index contributed by atoms with van der Waals surface area (Å²) in [5.74, 6) is -1.28. The Morgan fingerprint density at radius 1 is 1.14 bits per heavy atom. The van der Waals surface area contributed by atoms with Crippen LogP contribution in [-0.2, 0) is 0 Å². The van der Waals surface area contributed by atoms with E-state index in [2.05, 4.69) is 10.4 Å². The molecule has 2 aromatic carbocycles. The minimum Gasteiger partial charge on any atom is -0.348 e. The van der Waals surface area contributed by atoms with E-state index in [0.29, 0.717) is 22.2 Å². The van der Waals surface area contributed by atoms with Crippen molar-refractivity contribution in [2.45, 2.75) is 58.9 Å². The summed E-state index contributed by atoms with van der Waals surface area (Å²) in [4.78, 5) is 13.3. The van der Waals surface area contributed by atoms with E-state index in [9.17, 15) is 13.6 Å². The minimum atomic E-state index is -0.754. The van der Waals surface area contributed by atoms with E-state index in [0.717, 1.165) is 30.0 Å². The third kappa shape index (κ3) is 5.64. The summed E-state index contributed by atoms with van der Waals surface area (Å²) in [5.41, 5.74) is 3.20. The number of hydrogen-bond acceptors (Lipinski definition) is 2. The smallest absolute Gasteiger partial charge is 0.272 e. The highest BCUT2D eigenvalue weighted by atomic mass is 35.5. The van der Waals surface area contributed by atoms with Crippen molar-refractivity contribution in [3.8, 4) is 5.69 Å². The second-order valence-electron chi connectivity index (χ2n) is 9.37. The number of aromatic nitrogens is 2. The number of hydrogen-bond donors (Lipinski definition) is 1. The predicted molar refractivity (Wildman–Crippen MR) is 137 cm³/mol. The molecule has 0 aliphatic heterocycles. The predicted octanol–water partition coefficient (Wildman–Crippen LogP) is 7.37. The average Bonchev–Trinajstić information content (AvgIpc) is 3.18. The van der Waals surface area contributed by atoms with Crippen LogP contribution in [0.15, 0.2) is 42.5 Å². The number of nitrogens with one attached hydrogen (secondary N) is 1. The van der Waals surface area contributed by atoms with Gasteiger partial charge in [0.25, 0.3) is 5.91 Å². The maximum atomic E-state index is 14.8. The molecule has 35 heavy (non-hydrogen) atoms. The second kappa shape index (κ2) is 10.7. The molecule has 0 saturated heterocycles. The maximum absolute atomic E-state index is 14.8. The Kier molecular flexibility index (Phi) is 7.70. The van der Waals surface area contributed by atoms with Gasteiger partial charge in [0, 0.05) is 22.7 Å². The average molecular weight is 498 g/mol. The normalized spacial score (nSPS) is 15.8. The fourth-order valence-corrected chi connectivity index (χ4v) is 5.03. The minimum absolute atomic E-state index is 0.0177. The van der Waals surface area contributed by atoms with Crippen LogP contribution >= 0.6 is 11.6 Å². The molecule has 7 heteroatoms. The number of amides is 1. The number of nitrogens with zero attached hydrogens (tertiary/aromatic N) is 2. The summed E-state index contributed by atoms with van der Waals surface area (Å²) in [6, 6.07) is 10.7. The van der Waals surface area contributed by atoms with Crippen LogP contribution in [0, 0.1) is 24.5 Å². The van der Waals surface area contributed by atoms with Crippen molar-refractivity contribution < 1.29 is 13.6 Å². The van der Waals surface area contributed by atoms with E-state index in [1.54, 1.807) is 19.1 Å². The number of halogens is 3. The van der Waals surface area contributed by atoms with Crippen molar-refractivity contribution in [1.29, 1.82) is 0 Å². The van der Waals surface area contributed by atoms with Crippen LogP contribution in [0.5, 0.6) is 0 Å². The van der Waals surface area contributed by atoms with Gasteiger partial charge in [0.05, 0.1) is 5.69 Å². The molecule has 1 aliphatic rings. The molecular formula is C28H30ClF2N3O. The lowest BCUT2D eigenvalue weighted by molar-refractivity contribution is 0.0913. The Morgan fingerprint density at radius 2 is 1.83 bits per heavy atom. The highest BCUT2D eigenvalue weighted by molar-refractivity contribution is 6.30. The molecule has 184 valence electrons. The molecule has 1 saturated carbocycles. The quantitative estimate of drug-likeness (QED) is 0.386. The summed E-state index contributed by atoms with van der Waals surface area (Å²) in [7, 11) is 0. The molecule has 1 aromatic heterocycles. The van der Waals surface area contributed by atoms with Crippen molar-refractivity contribution in [3.05, 3.63) is 81.6 Å². The third-order valence-electron chi connectivity index (χ3n) is 6.82. The van der Waals surface area contributed by atoms with Crippen molar-refractivity contribution in [3.63, 3.8) is 0 Å². The molecule has 0 radical (unpaired) electrons. The topological polar surface area (TPSA) is 46.9 Å². The molecule has 1 unspecified atom stereocenters. The zero-order valence-electron chi connectivity index (χ0n) is 20.2. The van der Waals surface area contributed by atoms with Crippen LogP contribution in [0.3, 0.4) is 0 Å². The zero-order valence-corrected chi connectivity index (χ0v) is 21.0. The number of rotatable bonds is 6. The first-order valence-corrected chi connectivity index (χ1v) is 12.4. The summed E-state index contributed by atoms with van der Waals surface area (Å²) in [6.07, 6.45) is 7.73. The van der Waals surface area contributed by atoms with Crippen LogP contribution < -0.4 is 5.32 Å².